The number of ketones is 1. The molecule has 1 unspecified atom stereocenters. The molecule has 124 valence electrons. The average molecular weight is 341 g/mol. The predicted octanol–water partition coefficient (Wildman–Crippen LogP) is 3.90. The maximum absolute atomic E-state index is 12.8. The van der Waals surface area contributed by atoms with Crippen LogP contribution in [0.3, 0.4) is 0 Å². The molecule has 1 aromatic carbocycles. The van der Waals surface area contributed by atoms with E-state index in [9.17, 15) is 4.79 Å². The zero-order valence-electron chi connectivity index (χ0n) is 13.9. The molecule has 0 radical (unpaired) electrons. The van der Waals surface area contributed by atoms with E-state index in [1.165, 1.54) is 11.8 Å². The number of benzene rings is 1. The minimum atomic E-state index is -0.245. The molecule has 0 aliphatic rings. The molecule has 0 amide bonds. The monoisotopic (exact) mass is 341 g/mol. The van der Waals surface area contributed by atoms with Crippen LogP contribution in [0.4, 0.5) is 0 Å². The standard InChI is InChI=1S/C18H19N3O2S/c1-12-6-7-13(2)16(9-12)17(22)14(3)24-18-20-19-11-21(18)10-15-5-4-8-23-15/h4-9,11,14H,10H2,1-3H3. The highest BCUT2D eigenvalue weighted by Crippen LogP contribution is 2.26. The van der Waals surface area contributed by atoms with Crippen LogP contribution in [0, 0.1) is 13.8 Å². The van der Waals surface area contributed by atoms with Crippen molar-refractivity contribution in [2.75, 3.05) is 0 Å². The molecule has 0 spiro atoms. The van der Waals surface area contributed by atoms with Crippen LogP contribution in [0.2, 0.25) is 0 Å². The van der Waals surface area contributed by atoms with Crippen molar-refractivity contribution in [3.63, 3.8) is 0 Å². The Morgan fingerprint density at radius 2 is 2.17 bits per heavy atom. The van der Waals surface area contributed by atoms with Gasteiger partial charge in [-0.25, -0.2) is 0 Å². The van der Waals surface area contributed by atoms with Crippen molar-refractivity contribution >= 4 is 17.5 Å². The molecule has 0 aliphatic heterocycles. The molecule has 0 N–H and O–H groups in total. The molecule has 3 aromatic rings. The zero-order valence-corrected chi connectivity index (χ0v) is 14.7. The van der Waals surface area contributed by atoms with Gasteiger partial charge in [0.2, 0.25) is 0 Å². The first-order valence-electron chi connectivity index (χ1n) is 7.73. The molecule has 1 atom stereocenters. The Balaban J connectivity index is 1.75. The highest BCUT2D eigenvalue weighted by Gasteiger charge is 2.21. The summed E-state index contributed by atoms with van der Waals surface area (Å²) >= 11 is 1.41. The Morgan fingerprint density at radius 3 is 2.92 bits per heavy atom. The number of carbonyl (C=O) groups excluding carboxylic acids is 1. The molecule has 0 aliphatic carbocycles. The van der Waals surface area contributed by atoms with E-state index < -0.39 is 0 Å². The first kappa shape index (κ1) is 16.5. The van der Waals surface area contributed by atoms with Crippen LogP contribution in [0.5, 0.6) is 0 Å². The van der Waals surface area contributed by atoms with Gasteiger partial charge in [0.15, 0.2) is 10.9 Å². The Bertz CT molecular complexity index is 840. The quantitative estimate of drug-likeness (QED) is 0.503. The van der Waals surface area contributed by atoms with Gasteiger partial charge in [-0.2, -0.15) is 0 Å². The fraction of sp³-hybridized carbons (Fsp3) is 0.278. The maximum atomic E-state index is 12.8. The molecule has 6 heteroatoms. The van der Waals surface area contributed by atoms with Gasteiger partial charge in [-0.15, -0.1) is 10.2 Å². The molecule has 3 rings (SSSR count). The smallest absolute Gasteiger partial charge is 0.192 e. The minimum Gasteiger partial charge on any atom is -0.467 e. The van der Waals surface area contributed by atoms with Crippen molar-refractivity contribution in [2.45, 2.75) is 37.7 Å². The molecule has 0 saturated heterocycles. The van der Waals surface area contributed by atoms with Crippen molar-refractivity contribution in [3.8, 4) is 0 Å². The van der Waals surface area contributed by atoms with Gasteiger partial charge in [0, 0.05) is 5.56 Å². The van der Waals surface area contributed by atoms with Gasteiger partial charge in [-0.1, -0.05) is 29.5 Å². The number of aryl methyl sites for hydroxylation is 2. The third-order valence-corrected chi connectivity index (χ3v) is 4.89. The Morgan fingerprint density at radius 1 is 1.33 bits per heavy atom. The van der Waals surface area contributed by atoms with Crippen molar-refractivity contribution in [2.24, 2.45) is 0 Å². The average Bonchev–Trinajstić information content (AvgIpc) is 3.22. The van der Waals surface area contributed by atoms with E-state index in [0.29, 0.717) is 11.7 Å². The van der Waals surface area contributed by atoms with E-state index in [1.54, 1.807) is 12.6 Å². The molecular formula is C18H19N3O2S. The number of hydrogen-bond acceptors (Lipinski definition) is 5. The van der Waals surface area contributed by atoms with Gasteiger partial charge >= 0.3 is 0 Å². The number of Topliss-reactive ketones (excluding diaryl/α,β-unsaturated/α-hetero) is 1. The summed E-state index contributed by atoms with van der Waals surface area (Å²) in [7, 11) is 0. The largest absolute Gasteiger partial charge is 0.467 e. The molecule has 2 heterocycles. The molecule has 0 saturated carbocycles. The topological polar surface area (TPSA) is 60.9 Å². The highest BCUT2D eigenvalue weighted by atomic mass is 32.2. The van der Waals surface area contributed by atoms with E-state index in [-0.39, 0.29) is 11.0 Å². The fourth-order valence-electron chi connectivity index (χ4n) is 2.45. The number of nitrogens with zero attached hydrogens (tertiary/aromatic N) is 3. The predicted molar refractivity (Wildman–Crippen MR) is 93.4 cm³/mol. The Labute approximate surface area is 145 Å². The third kappa shape index (κ3) is 3.59. The third-order valence-electron chi connectivity index (χ3n) is 3.80. The summed E-state index contributed by atoms with van der Waals surface area (Å²) in [6.45, 7) is 6.41. The van der Waals surface area contributed by atoms with Gasteiger partial charge in [-0.05, 0) is 44.5 Å². The molecule has 2 aromatic heterocycles. The lowest BCUT2D eigenvalue weighted by atomic mass is 10.0. The maximum Gasteiger partial charge on any atom is 0.192 e. The van der Waals surface area contributed by atoms with Gasteiger partial charge in [0.1, 0.15) is 12.1 Å². The summed E-state index contributed by atoms with van der Waals surface area (Å²) in [6, 6.07) is 9.70. The molecular weight excluding hydrogens is 322 g/mol. The summed E-state index contributed by atoms with van der Waals surface area (Å²) in [5.74, 6) is 0.930. The van der Waals surface area contributed by atoms with Gasteiger partial charge < -0.3 is 8.98 Å². The van der Waals surface area contributed by atoms with E-state index in [1.807, 2.05) is 55.7 Å². The highest BCUT2D eigenvalue weighted by molar-refractivity contribution is 8.00. The number of thioether (sulfide) groups is 1. The summed E-state index contributed by atoms with van der Waals surface area (Å²) < 4.78 is 7.25. The van der Waals surface area contributed by atoms with Crippen LogP contribution in [0.1, 0.15) is 34.2 Å². The second kappa shape index (κ2) is 7.05. The summed E-state index contributed by atoms with van der Waals surface area (Å²) in [6.07, 6.45) is 3.29. The summed E-state index contributed by atoms with van der Waals surface area (Å²) in [4.78, 5) is 12.8. The van der Waals surface area contributed by atoms with Gasteiger partial charge in [0.05, 0.1) is 18.1 Å². The normalized spacial score (nSPS) is 12.3. The lowest BCUT2D eigenvalue weighted by Crippen LogP contribution is -2.16. The van der Waals surface area contributed by atoms with E-state index in [4.69, 9.17) is 4.42 Å². The Hall–Kier alpha value is -2.34. The Kier molecular flexibility index (Phi) is 4.85. The van der Waals surface area contributed by atoms with Crippen molar-refractivity contribution in [1.82, 2.24) is 14.8 Å². The molecule has 0 fully saturated rings. The van der Waals surface area contributed by atoms with E-state index >= 15 is 0 Å². The SMILES string of the molecule is Cc1ccc(C)c(C(=O)C(C)Sc2nncn2Cc2ccco2)c1. The lowest BCUT2D eigenvalue weighted by Gasteiger charge is -2.13. The van der Waals surface area contributed by atoms with Gasteiger partial charge in [0.25, 0.3) is 0 Å². The van der Waals surface area contributed by atoms with Crippen LogP contribution in [-0.4, -0.2) is 25.8 Å². The van der Waals surface area contributed by atoms with Crippen LogP contribution < -0.4 is 0 Å². The minimum absolute atomic E-state index is 0.105. The first-order valence-corrected chi connectivity index (χ1v) is 8.61. The molecule has 0 bridgehead atoms. The number of aromatic nitrogens is 3. The van der Waals surface area contributed by atoms with E-state index in [2.05, 4.69) is 10.2 Å². The first-order chi connectivity index (χ1) is 11.5. The lowest BCUT2D eigenvalue weighted by molar-refractivity contribution is 0.0993. The van der Waals surface area contributed by atoms with E-state index in [0.717, 1.165) is 22.5 Å². The number of rotatable bonds is 6. The fourth-order valence-corrected chi connectivity index (χ4v) is 3.34. The van der Waals surface area contributed by atoms with Crippen LogP contribution in [0.25, 0.3) is 0 Å². The van der Waals surface area contributed by atoms with Gasteiger partial charge in [-0.3, -0.25) is 4.79 Å². The van der Waals surface area contributed by atoms with Crippen LogP contribution in [0.15, 0.2) is 52.5 Å². The zero-order chi connectivity index (χ0) is 17.1. The number of carbonyl (C=O) groups is 1. The van der Waals surface area contributed by atoms with Crippen LogP contribution in [-0.2, 0) is 6.54 Å². The second-order valence-electron chi connectivity index (χ2n) is 5.76. The molecule has 5 nitrogen and oxygen atoms in total. The molecule has 24 heavy (non-hydrogen) atoms. The number of furan rings is 1. The number of hydrogen-bond donors (Lipinski definition) is 0. The van der Waals surface area contributed by atoms with Crippen LogP contribution >= 0.6 is 11.8 Å². The van der Waals surface area contributed by atoms with Crippen molar-refractivity contribution in [1.29, 1.82) is 0 Å². The summed E-state index contributed by atoms with van der Waals surface area (Å²) in [5.41, 5.74) is 2.85. The van der Waals surface area contributed by atoms with Crippen molar-refractivity contribution < 1.29 is 9.21 Å². The summed E-state index contributed by atoms with van der Waals surface area (Å²) in [5, 5.41) is 8.55. The second-order valence-corrected chi connectivity index (χ2v) is 7.07. The van der Waals surface area contributed by atoms with Crippen molar-refractivity contribution in [3.05, 3.63) is 65.4 Å².